The number of nitrogens with one attached hydrogen (secondary N) is 1. The average Bonchev–Trinajstić information content (AvgIpc) is 2.14. The van der Waals surface area contributed by atoms with E-state index in [4.69, 9.17) is 6.42 Å². The number of hydrogen-bond acceptors (Lipinski definition) is 2. The van der Waals surface area contributed by atoms with Gasteiger partial charge in [0.05, 0.1) is 6.54 Å². The second kappa shape index (κ2) is 4.99. The number of para-hydroxylation sites is 1. The van der Waals surface area contributed by atoms with Crippen molar-refractivity contribution in [3.63, 3.8) is 0 Å². The van der Waals surface area contributed by atoms with E-state index in [0.717, 1.165) is 0 Å². The van der Waals surface area contributed by atoms with E-state index in [2.05, 4.69) is 11.2 Å². The molecule has 0 bridgehead atoms. The molecule has 0 spiro atoms. The van der Waals surface area contributed by atoms with Crippen molar-refractivity contribution in [3.05, 3.63) is 24.3 Å². The lowest BCUT2D eigenvalue weighted by Crippen LogP contribution is -2.03. The van der Waals surface area contributed by atoms with Gasteiger partial charge in [0, 0.05) is 10.6 Å². The summed E-state index contributed by atoms with van der Waals surface area (Å²) in [6.07, 6.45) is 5.01. The van der Waals surface area contributed by atoms with Gasteiger partial charge in [-0.15, -0.1) is 6.42 Å². The maximum Gasteiger partial charge on any atom is 0.446 e. The van der Waals surface area contributed by atoms with Crippen LogP contribution in [0, 0.1) is 12.3 Å². The van der Waals surface area contributed by atoms with Gasteiger partial charge in [-0.1, -0.05) is 18.1 Å². The summed E-state index contributed by atoms with van der Waals surface area (Å²) >= 11 is -0.153. The van der Waals surface area contributed by atoms with E-state index in [9.17, 15) is 13.2 Å². The fourth-order valence-corrected chi connectivity index (χ4v) is 1.62. The predicted octanol–water partition coefficient (Wildman–Crippen LogP) is 3.34. The summed E-state index contributed by atoms with van der Waals surface area (Å²) in [5, 5.41) is 2.73. The summed E-state index contributed by atoms with van der Waals surface area (Å²) in [7, 11) is 0. The second-order valence-electron chi connectivity index (χ2n) is 2.60. The van der Waals surface area contributed by atoms with Crippen LogP contribution in [0.1, 0.15) is 0 Å². The molecule has 0 aliphatic carbocycles. The molecule has 1 aromatic carbocycles. The van der Waals surface area contributed by atoms with Gasteiger partial charge in [0.15, 0.2) is 0 Å². The molecule has 1 aromatic rings. The maximum atomic E-state index is 12.1. The van der Waals surface area contributed by atoms with Crippen molar-refractivity contribution in [2.45, 2.75) is 10.4 Å². The first-order chi connectivity index (χ1) is 7.03. The molecule has 0 saturated carbocycles. The van der Waals surface area contributed by atoms with Gasteiger partial charge >= 0.3 is 5.51 Å². The smallest absolute Gasteiger partial charge is 0.373 e. The fourth-order valence-electron chi connectivity index (χ4n) is 0.973. The van der Waals surface area contributed by atoms with E-state index in [-0.39, 0.29) is 23.2 Å². The lowest BCUT2D eigenvalue weighted by atomic mass is 10.3. The maximum absolute atomic E-state index is 12.1. The molecule has 5 heteroatoms. The Balaban J connectivity index is 2.82. The van der Waals surface area contributed by atoms with Crippen molar-refractivity contribution < 1.29 is 13.2 Å². The van der Waals surface area contributed by atoms with Gasteiger partial charge < -0.3 is 5.32 Å². The molecule has 0 saturated heterocycles. The Bertz CT molecular complexity index is 368. The highest BCUT2D eigenvalue weighted by atomic mass is 32.2. The number of alkyl halides is 3. The molecule has 1 nitrogen and oxygen atoms in total. The van der Waals surface area contributed by atoms with E-state index in [1.807, 2.05) is 0 Å². The van der Waals surface area contributed by atoms with Crippen molar-refractivity contribution in [2.24, 2.45) is 0 Å². The number of anilines is 1. The van der Waals surface area contributed by atoms with Gasteiger partial charge in [-0.2, -0.15) is 13.2 Å². The first-order valence-corrected chi connectivity index (χ1v) is 4.86. The number of rotatable bonds is 3. The summed E-state index contributed by atoms with van der Waals surface area (Å²) in [5.74, 6) is 2.30. The molecule has 80 valence electrons. The van der Waals surface area contributed by atoms with Gasteiger partial charge in [0.1, 0.15) is 0 Å². The molecule has 0 aromatic heterocycles. The molecule has 0 heterocycles. The van der Waals surface area contributed by atoms with Crippen LogP contribution < -0.4 is 5.32 Å². The lowest BCUT2D eigenvalue weighted by Gasteiger charge is -2.11. The van der Waals surface area contributed by atoms with Gasteiger partial charge in [0.25, 0.3) is 0 Å². The SMILES string of the molecule is C#CCNc1ccccc1SC(F)(F)F. The van der Waals surface area contributed by atoms with E-state index < -0.39 is 5.51 Å². The fraction of sp³-hybridized carbons (Fsp3) is 0.200. The minimum absolute atomic E-state index is 0.125. The third-order valence-electron chi connectivity index (χ3n) is 1.49. The van der Waals surface area contributed by atoms with Crippen LogP contribution >= 0.6 is 11.8 Å². The molecule has 0 fully saturated rings. The third kappa shape index (κ3) is 4.17. The molecular weight excluding hydrogens is 223 g/mol. The molecule has 1 N–H and O–H groups in total. The van der Waals surface area contributed by atoms with Crippen molar-refractivity contribution in [1.29, 1.82) is 0 Å². The molecule has 0 amide bonds. The lowest BCUT2D eigenvalue weighted by molar-refractivity contribution is -0.0327. The minimum Gasteiger partial charge on any atom is -0.373 e. The Morgan fingerprint density at radius 1 is 1.33 bits per heavy atom. The van der Waals surface area contributed by atoms with E-state index in [1.165, 1.54) is 6.07 Å². The van der Waals surface area contributed by atoms with Crippen LogP contribution in [0.25, 0.3) is 0 Å². The quantitative estimate of drug-likeness (QED) is 0.632. The summed E-state index contributed by atoms with van der Waals surface area (Å²) in [4.78, 5) is 0.125. The van der Waals surface area contributed by atoms with Gasteiger partial charge in [-0.3, -0.25) is 0 Å². The molecule has 0 radical (unpaired) electrons. The number of terminal acetylenes is 1. The summed E-state index contributed by atoms with van der Waals surface area (Å²) < 4.78 is 36.4. The Kier molecular flexibility index (Phi) is 3.92. The Labute approximate surface area is 90.1 Å². The van der Waals surface area contributed by atoms with Crippen LogP contribution in [-0.2, 0) is 0 Å². The number of thioether (sulfide) groups is 1. The summed E-state index contributed by atoms with van der Waals surface area (Å²) in [6, 6.07) is 6.16. The minimum atomic E-state index is -4.28. The molecule has 0 atom stereocenters. The van der Waals surface area contributed by atoms with Crippen LogP contribution in [0.2, 0.25) is 0 Å². The Hall–Kier alpha value is -1.28. The van der Waals surface area contributed by atoms with E-state index in [1.54, 1.807) is 18.2 Å². The standard InChI is InChI=1S/C10H8F3NS/c1-2-7-14-8-5-3-4-6-9(8)15-10(11,12)13/h1,3-6,14H,7H2. The highest BCUT2D eigenvalue weighted by Gasteiger charge is 2.30. The monoisotopic (exact) mass is 231 g/mol. The van der Waals surface area contributed by atoms with Gasteiger partial charge in [0.2, 0.25) is 0 Å². The van der Waals surface area contributed by atoms with Crippen molar-refractivity contribution in [3.8, 4) is 12.3 Å². The van der Waals surface area contributed by atoms with Gasteiger partial charge in [-0.05, 0) is 23.9 Å². The van der Waals surface area contributed by atoms with E-state index in [0.29, 0.717) is 5.69 Å². The zero-order chi connectivity index (χ0) is 11.3. The third-order valence-corrected chi connectivity index (χ3v) is 2.30. The van der Waals surface area contributed by atoms with Crippen LogP contribution in [0.5, 0.6) is 0 Å². The number of hydrogen-bond donors (Lipinski definition) is 1. The first-order valence-electron chi connectivity index (χ1n) is 4.05. The second-order valence-corrected chi connectivity index (χ2v) is 3.71. The van der Waals surface area contributed by atoms with Crippen LogP contribution in [0.3, 0.4) is 0 Å². The normalized spacial score (nSPS) is 10.8. The summed E-state index contributed by atoms with van der Waals surface area (Å²) in [6.45, 7) is 0.204. The number of benzene rings is 1. The Morgan fingerprint density at radius 3 is 2.60 bits per heavy atom. The van der Waals surface area contributed by atoms with Crippen molar-refractivity contribution >= 4 is 17.4 Å². The average molecular weight is 231 g/mol. The number of halogens is 3. The van der Waals surface area contributed by atoms with Crippen molar-refractivity contribution in [1.82, 2.24) is 0 Å². The molecule has 1 rings (SSSR count). The molecular formula is C10H8F3NS. The van der Waals surface area contributed by atoms with Crippen LogP contribution in [-0.4, -0.2) is 12.1 Å². The topological polar surface area (TPSA) is 12.0 Å². The molecule has 15 heavy (non-hydrogen) atoms. The first kappa shape index (κ1) is 11.8. The highest BCUT2D eigenvalue weighted by molar-refractivity contribution is 8.00. The van der Waals surface area contributed by atoms with Crippen LogP contribution in [0.15, 0.2) is 29.2 Å². The summed E-state index contributed by atoms with van der Waals surface area (Å²) in [5.41, 5.74) is -3.88. The van der Waals surface area contributed by atoms with E-state index >= 15 is 0 Å². The highest BCUT2D eigenvalue weighted by Crippen LogP contribution is 2.40. The molecule has 0 aliphatic rings. The zero-order valence-corrected chi connectivity index (χ0v) is 8.45. The van der Waals surface area contributed by atoms with Crippen molar-refractivity contribution in [2.75, 3.05) is 11.9 Å². The Morgan fingerprint density at radius 2 is 2.00 bits per heavy atom. The molecule has 0 unspecified atom stereocenters. The molecule has 0 aliphatic heterocycles. The largest absolute Gasteiger partial charge is 0.446 e. The zero-order valence-electron chi connectivity index (χ0n) is 7.64. The predicted molar refractivity (Wildman–Crippen MR) is 55.7 cm³/mol. The van der Waals surface area contributed by atoms with Gasteiger partial charge in [-0.25, -0.2) is 0 Å². The van der Waals surface area contributed by atoms with Crippen LogP contribution in [0.4, 0.5) is 18.9 Å².